The maximum atomic E-state index is 12.7. The van der Waals surface area contributed by atoms with E-state index in [1.807, 2.05) is 0 Å². The third kappa shape index (κ3) is 4.45. The molecule has 1 heterocycles. The van der Waals surface area contributed by atoms with Crippen LogP contribution in [0.1, 0.15) is 30.6 Å². The van der Waals surface area contributed by atoms with E-state index in [2.05, 4.69) is 24.2 Å². The standard InChI is InChI=1S/C17H24ClN3O2/c1-12(22)19-13-5-6-15(18)14(9-13)16(23)21(4)11-17(2)7-8-20(3)10-17/h5-6,9H,7-8,10-11H2,1-4H3,(H,19,22). The normalized spacial score (nSPS) is 21.3. The minimum Gasteiger partial charge on any atom is -0.341 e. The number of hydrogen-bond acceptors (Lipinski definition) is 3. The summed E-state index contributed by atoms with van der Waals surface area (Å²) in [5.74, 6) is -0.307. The van der Waals surface area contributed by atoms with Crippen LogP contribution in [0.5, 0.6) is 0 Å². The Bertz CT molecular complexity index is 620. The molecule has 0 spiro atoms. The van der Waals surface area contributed by atoms with Gasteiger partial charge in [-0.1, -0.05) is 18.5 Å². The number of benzene rings is 1. The molecule has 0 radical (unpaired) electrons. The first kappa shape index (κ1) is 17.8. The van der Waals surface area contributed by atoms with Gasteiger partial charge in [-0.05, 0) is 43.6 Å². The number of likely N-dealkylation sites (tertiary alicyclic amines) is 1. The Morgan fingerprint density at radius 2 is 2.13 bits per heavy atom. The van der Waals surface area contributed by atoms with Crippen molar-refractivity contribution in [1.29, 1.82) is 0 Å². The third-order valence-electron chi connectivity index (χ3n) is 4.23. The Kier molecular flexibility index (Phi) is 5.32. The zero-order valence-corrected chi connectivity index (χ0v) is 14.9. The van der Waals surface area contributed by atoms with E-state index in [4.69, 9.17) is 11.6 Å². The van der Waals surface area contributed by atoms with Crippen molar-refractivity contribution in [2.75, 3.05) is 39.0 Å². The lowest BCUT2D eigenvalue weighted by Crippen LogP contribution is -2.38. The second-order valence-corrected chi connectivity index (χ2v) is 7.24. The summed E-state index contributed by atoms with van der Waals surface area (Å²) >= 11 is 6.18. The topological polar surface area (TPSA) is 52.7 Å². The van der Waals surface area contributed by atoms with E-state index in [9.17, 15) is 9.59 Å². The van der Waals surface area contributed by atoms with Gasteiger partial charge in [0.15, 0.2) is 0 Å². The first-order chi connectivity index (χ1) is 10.7. The molecule has 126 valence electrons. The van der Waals surface area contributed by atoms with Crippen molar-refractivity contribution in [3.63, 3.8) is 0 Å². The van der Waals surface area contributed by atoms with E-state index in [-0.39, 0.29) is 17.2 Å². The molecule has 0 saturated carbocycles. The summed E-state index contributed by atoms with van der Waals surface area (Å²) in [6.07, 6.45) is 1.07. The quantitative estimate of drug-likeness (QED) is 0.919. The van der Waals surface area contributed by atoms with Gasteiger partial charge in [0.1, 0.15) is 0 Å². The van der Waals surface area contributed by atoms with Crippen LogP contribution in [0.2, 0.25) is 5.02 Å². The van der Waals surface area contributed by atoms with Crippen LogP contribution in [0.3, 0.4) is 0 Å². The molecule has 5 nitrogen and oxygen atoms in total. The van der Waals surface area contributed by atoms with Crippen LogP contribution < -0.4 is 5.32 Å². The molecule has 1 aromatic carbocycles. The van der Waals surface area contributed by atoms with Gasteiger partial charge in [-0.3, -0.25) is 9.59 Å². The second kappa shape index (κ2) is 6.89. The molecule has 1 aromatic rings. The first-order valence-corrected chi connectivity index (χ1v) is 8.09. The van der Waals surface area contributed by atoms with Crippen LogP contribution in [0.25, 0.3) is 0 Å². The van der Waals surface area contributed by atoms with Crippen LogP contribution >= 0.6 is 11.6 Å². The molecule has 0 aromatic heterocycles. The fourth-order valence-corrected chi connectivity index (χ4v) is 3.42. The van der Waals surface area contributed by atoms with Crippen molar-refractivity contribution in [3.05, 3.63) is 28.8 Å². The predicted octanol–water partition coefficient (Wildman–Crippen LogP) is 2.71. The molecule has 1 N–H and O–H groups in total. The van der Waals surface area contributed by atoms with Crippen molar-refractivity contribution in [3.8, 4) is 0 Å². The lowest BCUT2D eigenvalue weighted by atomic mass is 9.89. The largest absolute Gasteiger partial charge is 0.341 e. The maximum absolute atomic E-state index is 12.7. The summed E-state index contributed by atoms with van der Waals surface area (Å²) in [4.78, 5) is 27.9. The van der Waals surface area contributed by atoms with Crippen LogP contribution in [0, 0.1) is 5.41 Å². The van der Waals surface area contributed by atoms with Crippen molar-refractivity contribution in [2.24, 2.45) is 5.41 Å². The molecule has 2 amide bonds. The highest BCUT2D eigenvalue weighted by molar-refractivity contribution is 6.34. The average molecular weight is 338 g/mol. The molecule has 0 bridgehead atoms. The molecule has 1 aliphatic rings. The van der Waals surface area contributed by atoms with Crippen molar-refractivity contribution < 1.29 is 9.59 Å². The highest BCUT2D eigenvalue weighted by Crippen LogP contribution is 2.30. The maximum Gasteiger partial charge on any atom is 0.255 e. The molecule has 23 heavy (non-hydrogen) atoms. The fourth-order valence-electron chi connectivity index (χ4n) is 3.22. The molecule has 2 rings (SSSR count). The van der Waals surface area contributed by atoms with Gasteiger partial charge in [-0.25, -0.2) is 0 Å². The van der Waals surface area contributed by atoms with E-state index in [1.165, 1.54) is 6.92 Å². The number of halogens is 1. The predicted molar refractivity (Wildman–Crippen MR) is 92.9 cm³/mol. The van der Waals surface area contributed by atoms with Crippen LogP contribution in [0.4, 0.5) is 5.69 Å². The number of carbonyl (C=O) groups is 2. The van der Waals surface area contributed by atoms with Gasteiger partial charge in [-0.15, -0.1) is 0 Å². The van der Waals surface area contributed by atoms with Crippen LogP contribution in [-0.2, 0) is 4.79 Å². The Labute approximate surface area is 142 Å². The summed E-state index contributed by atoms with van der Waals surface area (Å²) in [5, 5.41) is 3.07. The average Bonchev–Trinajstić information content (AvgIpc) is 2.78. The van der Waals surface area contributed by atoms with E-state index < -0.39 is 0 Å². The van der Waals surface area contributed by atoms with Gasteiger partial charge in [0.05, 0.1) is 10.6 Å². The minimum absolute atomic E-state index is 0.0981. The monoisotopic (exact) mass is 337 g/mol. The zero-order valence-electron chi connectivity index (χ0n) is 14.1. The molecular formula is C17H24ClN3O2. The number of nitrogens with one attached hydrogen (secondary N) is 1. The molecule has 1 unspecified atom stereocenters. The summed E-state index contributed by atoms with van der Waals surface area (Å²) in [7, 11) is 3.90. The Hall–Kier alpha value is -1.59. The molecule has 1 atom stereocenters. The van der Waals surface area contributed by atoms with Gasteiger partial charge < -0.3 is 15.1 Å². The van der Waals surface area contributed by atoms with E-state index >= 15 is 0 Å². The number of rotatable bonds is 4. The molecule has 1 fully saturated rings. The zero-order chi connectivity index (χ0) is 17.2. The second-order valence-electron chi connectivity index (χ2n) is 6.84. The first-order valence-electron chi connectivity index (χ1n) is 7.71. The van der Waals surface area contributed by atoms with E-state index in [0.29, 0.717) is 22.8 Å². The number of carbonyl (C=O) groups excluding carboxylic acids is 2. The van der Waals surface area contributed by atoms with Gasteiger partial charge in [0, 0.05) is 32.7 Å². The summed E-state index contributed by atoms with van der Waals surface area (Å²) in [5.41, 5.74) is 1.08. The van der Waals surface area contributed by atoms with Crippen molar-refractivity contribution in [2.45, 2.75) is 20.3 Å². The van der Waals surface area contributed by atoms with Crippen LogP contribution in [-0.4, -0.2) is 55.3 Å². The summed E-state index contributed by atoms with van der Waals surface area (Å²) in [6, 6.07) is 4.96. The smallest absolute Gasteiger partial charge is 0.255 e. The van der Waals surface area contributed by atoms with Gasteiger partial charge in [-0.2, -0.15) is 0 Å². The van der Waals surface area contributed by atoms with E-state index in [0.717, 1.165) is 19.5 Å². The Morgan fingerprint density at radius 3 is 2.70 bits per heavy atom. The van der Waals surface area contributed by atoms with Gasteiger partial charge >= 0.3 is 0 Å². The Morgan fingerprint density at radius 1 is 1.43 bits per heavy atom. The van der Waals surface area contributed by atoms with E-state index in [1.54, 1.807) is 30.1 Å². The highest BCUT2D eigenvalue weighted by atomic mass is 35.5. The number of hydrogen-bond donors (Lipinski definition) is 1. The minimum atomic E-state index is -0.180. The van der Waals surface area contributed by atoms with Gasteiger partial charge in [0.25, 0.3) is 5.91 Å². The van der Waals surface area contributed by atoms with Crippen LogP contribution in [0.15, 0.2) is 18.2 Å². The fraction of sp³-hybridized carbons (Fsp3) is 0.529. The molecule has 1 aliphatic heterocycles. The Balaban J connectivity index is 2.14. The van der Waals surface area contributed by atoms with Gasteiger partial charge in [0.2, 0.25) is 5.91 Å². The lowest BCUT2D eigenvalue weighted by Gasteiger charge is -2.30. The number of amides is 2. The van der Waals surface area contributed by atoms with Crippen molar-refractivity contribution in [1.82, 2.24) is 9.80 Å². The molecular weight excluding hydrogens is 314 g/mol. The summed E-state index contributed by atoms with van der Waals surface area (Å²) < 4.78 is 0. The molecule has 6 heteroatoms. The highest BCUT2D eigenvalue weighted by Gasteiger charge is 2.34. The van der Waals surface area contributed by atoms with Crippen molar-refractivity contribution >= 4 is 29.1 Å². The lowest BCUT2D eigenvalue weighted by molar-refractivity contribution is -0.114. The third-order valence-corrected chi connectivity index (χ3v) is 4.56. The summed E-state index contributed by atoms with van der Waals surface area (Å²) in [6.45, 7) is 6.34. The number of nitrogens with zero attached hydrogens (tertiary/aromatic N) is 2. The number of anilines is 1. The molecule has 1 saturated heterocycles. The SMILES string of the molecule is CC(=O)Nc1ccc(Cl)c(C(=O)N(C)CC2(C)CCN(C)C2)c1. The molecule has 0 aliphatic carbocycles.